The second-order valence-corrected chi connectivity index (χ2v) is 5.95. The third-order valence-corrected chi connectivity index (χ3v) is 3.06. The Kier molecular flexibility index (Phi) is 5.14. The van der Waals surface area contributed by atoms with Gasteiger partial charge in [0.15, 0.2) is 0 Å². The maximum absolute atomic E-state index is 11.1. The van der Waals surface area contributed by atoms with E-state index in [1.807, 2.05) is 20.8 Å². The molecule has 0 heterocycles. The van der Waals surface area contributed by atoms with E-state index in [4.69, 9.17) is 9.94 Å². The summed E-state index contributed by atoms with van der Waals surface area (Å²) in [7, 11) is 0. The normalized spacial score (nSPS) is 24.6. The molecular weight excluding hydrogens is 234 g/mol. The highest BCUT2D eigenvalue weighted by Gasteiger charge is 2.30. The Bertz CT molecular complexity index is 298. The van der Waals surface area contributed by atoms with Gasteiger partial charge in [-0.2, -0.15) is 0 Å². The SMILES string of the molecule is CC(C)(C)ON(C=O)C1CCCC(CC(=O)O)C1. The lowest BCUT2D eigenvalue weighted by molar-refractivity contribution is -0.237. The van der Waals surface area contributed by atoms with Crippen molar-refractivity contribution in [2.75, 3.05) is 0 Å². The number of hydroxylamine groups is 2. The Morgan fingerprint density at radius 2 is 2.11 bits per heavy atom. The first-order valence-electron chi connectivity index (χ1n) is 6.46. The second kappa shape index (κ2) is 6.18. The van der Waals surface area contributed by atoms with E-state index in [0.29, 0.717) is 12.8 Å². The third kappa shape index (κ3) is 5.04. The minimum Gasteiger partial charge on any atom is -0.481 e. The van der Waals surface area contributed by atoms with E-state index >= 15 is 0 Å². The van der Waals surface area contributed by atoms with Crippen LogP contribution in [0.3, 0.4) is 0 Å². The summed E-state index contributed by atoms with van der Waals surface area (Å²) in [5, 5.41) is 10.2. The fourth-order valence-electron chi connectivity index (χ4n) is 2.42. The van der Waals surface area contributed by atoms with Gasteiger partial charge in [0.05, 0.1) is 11.6 Å². The van der Waals surface area contributed by atoms with Crippen molar-refractivity contribution in [2.24, 2.45) is 5.92 Å². The highest BCUT2D eigenvalue weighted by atomic mass is 16.7. The van der Waals surface area contributed by atoms with Gasteiger partial charge in [0, 0.05) is 6.42 Å². The molecule has 0 aliphatic heterocycles. The van der Waals surface area contributed by atoms with E-state index in [9.17, 15) is 9.59 Å². The van der Waals surface area contributed by atoms with Crippen LogP contribution in [0.5, 0.6) is 0 Å². The van der Waals surface area contributed by atoms with Gasteiger partial charge < -0.3 is 5.11 Å². The summed E-state index contributed by atoms with van der Waals surface area (Å²) < 4.78 is 0. The van der Waals surface area contributed by atoms with Gasteiger partial charge in [-0.15, -0.1) is 0 Å². The molecule has 5 nitrogen and oxygen atoms in total. The van der Waals surface area contributed by atoms with E-state index in [2.05, 4.69) is 0 Å². The number of hydrogen-bond acceptors (Lipinski definition) is 3. The third-order valence-electron chi connectivity index (χ3n) is 3.06. The summed E-state index contributed by atoms with van der Waals surface area (Å²) in [5.74, 6) is -0.623. The molecule has 1 aliphatic rings. The van der Waals surface area contributed by atoms with Gasteiger partial charge in [0.25, 0.3) is 0 Å². The van der Waals surface area contributed by atoms with Gasteiger partial charge in [-0.3, -0.25) is 14.4 Å². The average Bonchev–Trinajstić information content (AvgIpc) is 2.24. The first-order valence-corrected chi connectivity index (χ1v) is 6.46. The van der Waals surface area contributed by atoms with Crippen molar-refractivity contribution in [3.8, 4) is 0 Å². The molecule has 1 rings (SSSR count). The first kappa shape index (κ1) is 15.0. The minimum atomic E-state index is -0.768. The van der Waals surface area contributed by atoms with Crippen molar-refractivity contribution in [3.63, 3.8) is 0 Å². The number of carbonyl (C=O) groups is 2. The van der Waals surface area contributed by atoms with E-state index in [1.54, 1.807) is 0 Å². The number of carbonyl (C=O) groups excluding carboxylic acids is 1. The number of carboxylic acids is 1. The standard InChI is InChI=1S/C13H23NO4/c1-13(2,3)18-14(9-15)11-6-4-5-10(7-11)8-12(16)17/h9-11H,4-8H2,1-3H3,(H,16,17). The zero-order valence-electron chi connectivity index (χ0n) is 11.4. The highest BCUT2D eigenvalue weighted by Crippen LogP contribution is 2.30. The lowest BCUT2D eigenvalue weighted by Gasteiger charge is -2.37. The Hall–Kier alpha value is -1.10. The lowest BCUT2D eigenvalue weighted by Crippen LogP contribution is -2.42. The maximum atomic E-state index is 11.1. The molecular formula is C13H23NO4. The quantitative estimate of drug-likeness (QED) is 0.605. The van der Waals surface area contributed by atoms with Crippen LogP contribution in [0.1, 0.15) is 52.9 Å². The molecule has 1 fully saturated rings. The summed E-state index contributed by atoms with van der Waals surface area (Å²) >= 11 is 0. The molecule has 1 amide bonds. The van der Waals surface area contributed by atoms with Crippen LogP contribution in [-0.2, 0) is 14.4 Å². The summed E-state index contributed by atoms with van der Waals surface area (Å²) in [5.41, 5.74) is -0.416. The van der Waals surface area contributed by atoms with Gasteiger partial charge in [-0.05, 0) is 46.0 Å². The van der Waals surface area contributed by atoms with Gasteiger partial charge in [-0.25, -0.2) is 5.06 Å². The number of amides is 1. The summed E-state index contributed by atoms with van der Waals surface area (Å²) in [6, 6.07) is -0.000162. The van der Waals surface area contributed by atoms with Crippen LogP contribution < -0.4 is 0 Å². The molecule has 0 saturated heterocycles. The topological polar surface area (TPSA) is 66.8 Å². The van der Waals surface area contributed by atoms with Gasteiger partial charge >= 0.3 is 5.97 Å². The monoisotopic (exact) mass is 257 g/mol. The van der Waals surface area contributed by atoms with Crippen molar-refractivity contribution in [2.45, 2.75) is 64.5 Å². The molecule has 1 N–H and O–H groups in total. The van der Waals surface area contributed by atoms with Crippen LogP contribution in [0.15, 0.2) is 0 Å². The molecule has 1 aliphatic carbocycles. The molecule has 2 atom stereocenters. The number of rotatable bonds is 5. The predicted molar refractivity (Wildman–Crippen MR) is 66.7 cm³/mol. The molecule has 0 bridgehead atoms. The molecule has 0 aromatic carbocycles. The van der Waals surface area contributed by atoms with Crippen LogP contribution in [0.2, 0.25) is 0 Å². The molecule has 18 heavy (non-hydrogen) atoms. The fraction of sp³-hybridized carbons (Fsp3) is 0.846. The van der Waals surface area contributed by atoms with E-state index in [-0.39, 0.29) is 18.4 Å². The summed E-state index contributed by atoms with van der Waals surface area (Å²) in [6.45, 7) is 5.67. The van der Waals surface area contributed by atoms with E-state index in [1.165, 1.54) is 5.06 Å². The largest absolute Gasteiger partial charge is 0.481 e. The zero-order chi connectivity index (χ0) is 13.8. The Labute approximate surface area is 108 Å². The predicted octanol–water partition coefficient (Wildman–Crippen LogP) is 2.21. The van der Waals surface area contributed by atoms with Crippen LogP contribution in [-0.4, -0.2) is 34.2 Å². The molecule has 2 unspecified atom stereocenters. The number of aliphatic carboxylic acids is 1. The summed E-state index contributed by atoms with van der Waals surface area (Å²) in [6.07, 6.45) is 4.34. The smallest absolute Gasteiger partial charge is 0.303 e. The van der Waals surface area contributed by atoms with Crippen LogP contribution in [0.4, 0.5) is 0 Å². The fourth-order valence-corrected chi connectivity index (χ4v) is 2.42. The van der Waals surface area contributed by atoms with Gasteiger partial charge in [-0.1, -0.05) is 6.42 Å². The Morgan fingerprint density at radius 3 is 2.61 bits per heavy atom. The van der Waals surface area contributed by atoms with E-state index in [0.717, 1.165) is 19.3 Å². The Balaban J connectivity index is 2.57. The van der Waals surface area contributed by atoms with Crippen molar-refractivity contribution in [1.29, 1.82) is 0 Å². The van der Waals surface area contributed by atoms with Crippen LogP contribution in [0, 0.1) is 5.92 Å². The Morgan fingerprint density at radius 1 is 1.44 bits per heavy atom. The molecule has 0 spiro atoms. The van der Waals surface area contributed by atoms with Crippen molar-refractivity contribution >= 4 is 12.4 Å². The van der Waals surface area contributed by atoms with E-state index < -0.39 is 11.6 Å². The van der Waals surface area contributed by atoms with Crippen LogP contribution in [0.25, 0.3) is 0 Å². The number of carboxylic acid groups (broad SMARTS) is 1. The summed E-state index contributed by atoms with van der Waals surface area (Å²) in [4.78, 5) is 27.4. The van der Waals surface area contributed by atoms with Crippen molar-refractivity contribution in [3.05, 3.63) is 0 Å². The van der Waals surface area contributed by atoms with Crippen LogP contribution >= 0.6 is 0 Å². The average molecular weight is 257 g/mol. The minimum absolute atomic E-state index is 0.000162. The van der Waals surface area contributed by atoms with Crippen molar-refractivity contribution in [1.82, 2.24) is 5.06 Å². The first-order chi connectivity index (χ1) is 8.31. The number of nitrogens with zero attached hydrogens (tertiary/aromatic N) is 1. The molecule has 0 radical (unpaired) electrons. The van der Waals surface area contributed by atoms with Crippen molar-refractivity contribution < 1.29 is 19.5 Å². The highest BCUT2D eigenvalue weighted by molar-refractivity contribution is 5.67. The molecule has 104 valence electrons. The molecule has 0 aromatic rings. The molecule has 1 saturated carbocycles. The van der Waals surface area contributed by atoms with Gasteiger partial charge in [0.2, 0.25) is 6.41 Å². The maximum Gasteiger partial charge on any atom is 0.303 e. The zero-order valence-corrected chi connectivity index (χ0v) is 11.4. The molecule has 0 aromatic heterocycles. The molecule has 5 heteroatoms. The number of hydrogen-bond donors (Lipinski definition) is 1. The van der Waals surface area contributed by atoms with Gasteiger partial charge in [0.1, 0.15) is 0 Å². The lowest BCUT2D eigenvalue weighted by atomic mass is 9.84. The second-order valence-electron chi connectivity index (χ2n) is 5.95.